The van der Waals surface area contributed by atoms with E-state index in [-0.39, 0.29) is 16.1 Å². The van der Waals surface area contributed by atoms with Crippen LogP contribution in [0.15, 0.2) is 53.4 Å². The van der Waals surface area contributed by atoms with Gasteiger partial charge in [0.2, 0.25) is 10.0 Å². The lowest BCUT2D eigenvalue weighted by atomic mass is 9.96. The molecule has 0 heterocycles. The molecular weight excluding hydrogens is 326 g/mol. The van der Waals surface area contributed by atoms with Gasteiger partial charge in [-0.2, -0.15) is 0 Å². The van der Waals surface area contributed by atoms with Crippen molar-refractivity contribution in [3.63, 3.8) is 0 Å². The Morgan fingerprint density at radius 3 is 2.33 bits per heavy atom. The molecule has 0 unspecified atom stereocenters. The summed E-state index contributed by atoms with van der Waals surface area (Å²) in [5, 5.41) is 0. The number of benzene rings is 2. The van der Waals surface area contributed by atoms with Crippen LogP contribution in [-0.2, 0) is 15.4 Å². The Labute approximate surface area is 142 Å². The van der Waals surface area contributed by atoms with Gasteiger partial charge < -0.3 is 9.47 Å². The number of hydrogen-bond acceptors (Lipinski definition) is 4. The molecule has 3 rings (SSSR count). The number of ether oxygens (including phenoxy) is 2. The van der Waals surface area contributed by atoms with Gasteiger partial charge in [-0.25, -0.2) is 13.1 Å². The average Bonchev–Trinajstić information content (AvgIpc) is 3.41. The second-order valence-electron chi connectivity index (χ2n) is 5.99. The fourth-order valence-electron chi connectivity index (χ4n) is 2.82. The van der Waals surface area contributed by atoms with Crippen molar-refractivity contribution in [2.75, 3.05) is 20.8 Å². The monoisotopic (exact) mass is 347 g/mol. The lowest BCUT2D eigenvalue weighted by molar-refractivity contribution is 0.386. The van der Waals surface area contributed by atoms with E-state index in [0.717, 1.165) is 12.8 Å². The molecule has 1 aliphatic carbocycles. The van der Waals surface area contributed by atoms with Gasteiger partial charge in [0.1, 0.15) is 16.4 Å². The second-order valence-corrected chi connectivity index (χ2v) is 7.72. The molecule has 0 amide bonds. The van der Waals surface area contributed by atoms with Crippen molar-refractivity contribution in [2.45, 2.75) is 23.2 Å². The maximum atomic E-state index is 12.7. The molecule has 5 nitrogen and oxygen atoms in total. The summed E-state index contributed by atoms with van der Waals surface area (Å²) in [5.41, 5.74) is 1.09. The third kappa shape index (κ3) is 3.25. The van der Waals surface area contributed by atoms with Crippen LogP contribution in [0.3, 0.4) is 0 Å². The summed E-state index contributed by atoms with van der Waals surface area (Å²) in [7, 11) is -0.689. The molecule has 0 aliphatic heterocycles. The maximum absolute atomic E-state index is 12.7. The molecule has 0 bridgehead atoms. The van der Waals surface area contributed by atoms with Crippen molar-refractivity contribution in [3.05, 3.63) is 54.1 Å². The van der Waals surface area contributed by atoms with Gasteiger partial charge in [0, 0.05) is 18.0 Å². The first-order chi connectivity index (χ1) is 11.5. The Hall–Kier alpha value is -2.05. The number of methoxy groups -OCH3 is 2. The predicted octanol–water partition coefficient (Wildman–Crippen LogP) is 2.71. The van der Waals surface area contributed by atoms with Crippen molar-refractivity contribution in [2.24, 2.45) is 0 Å². The van der Waals surface area contributed by atoms with E-state index in [9.17, 15) is 8.42 Å². The number of nitrogens with one attached hydrogen (secondary N) is 1. The SMILES string of the molecule is COc1ccc(S(=O)(=O)NCC2(c3ccccc3)CC2)c(OC)c1. The minimum Gasteiger partial charge on any atom is -0.497 e. The molecule has 24 heavy (non-hydrogen) atoms. The van der Waals surface area contributed by atoms with Crippen molar-refractivity contribution in [1.82, 2.24) is 4.72 Å². The molecule has 0 radical (unpaired) electrons. The molecule has 1 aliphatic rings. The van der Waals surface area contributed by atoms with Gasteiger partial charge in [-0.1, -0.05) is 30.3 Å². The number of rotatable bonds is 7. The first kappa shape index (κ1) is 16.8. The van der Waals surface area contributed by atoms with Gasteiger partial charge >= 0.3 is 0 Å². The summed E-state index contributed by atoms with van der Waals surface area (Å²) in [6.45, 7) is 0.383. The highest BCUT2D eigenvalue weighted by Gasteiger charge is 2.44. The third-order valence-corrected chi connectivity index (χ3v) is 5.94. The number of sulfonamides is 1. The highest BCUT2D eigenvalue weighted by atomic mass is 32.2. The molecule has 0 aromatic heterocycles. The molecule has 1 fully saturated rings. The van der Waals surface area contributed by atoms with Gasteiger partial charge in [0.05, 0.1) is 14.2 Å². The van der Waals surface area contributed by atoms with Gasteiger partial charge in [0.25, 0.3) is 0 Å². The zero-order valence-electron chi connectivity index (χ0n) is 13.8. The Morgan fingerprint density at radius 1 is 1.04 bits per heavy atom. The topological polar surface area (TPSA) is 64.6 Å². The van der Waals surface area contributed by atoms with E-state index < -0.39 is 10.0 Å². The molecule has 2 aromatic rings. The first-order valence-corrected chi connectivity index (χ1v) is 9.26. The number of hydrogen-bond donors (Lipinski definition) is 1. The van der Waals surface area contributed by atoms with Gasteiger partial charge in [-0.3, -0.25) is 0 Å². The molecule has 0 spiro atoms. The van der Waals surface area contributed by atoms with Crippen LogP contribution in [0, 0.1) is 0 Å². The van der Waals surface area contributed by atoms with Crippen LogP contribution in [-0.4, -0.2) is 29.2 Å². The molecule has 2 aromatic carbocycles. The van der Waals surface area contributed by atoms with Gasteiger partial charge in [0.15, 0.2) is 0 Å². The minimum absolute atomic E-state index is 0.0893. The Kier molecular flexibility index (Phi) is 4.51. The van der Waals surface area contributed by atoms with E-state index in [0.29, 0.717) is 12.3 Å². The molecule has 0 atom stereocenters. The van der Waals surface area contributed by atoms with E-state index in [1.165, 1.54) is 25.8 Å². The quantitative estimate of drug-likeness (QED) is 0.836. The minimum atomic E-state index is -3.66. The Balaban J connectivity index is 1.80. The largest absolute Gasteiger partial charge is 0.497 e. The third-order valence-electron chi connectivity index (χ3n) is 4.50. The van der Waals surface area contributed by atoms with Crippen molar-refractivity contribution in [1.29, 1.82) is 0 Å². The molecular formula is C18H21NO4S. The fourth-order valence-corrected chi connectivity index (χ4v) is 4.09. The fraction of sp³-hybridized carbons (Fsp3) is 0.333. The van der Waals surface area contributed by atoms with Crippen LogP contribution in [0.4, 0.5) is 0 Å². The smallest absolute Gasteiger partial charge is 0.244 e. The van der Waals surface area contributed by atoms with Crippen molar-refractivity contribution >= 4 is 10.0 Å². The van der Waals surface area contributed by atoms with Crippen LogP contribution >= 0.6 is 0 Å². The average molecular weight is 347 g/mol. The summed E-state index contributed by atoms with van der Waals surface area (Å²) in [4.78, 5) is 0.120. The van der Waals surface area contributed by atoms with Crippen LogP contribution in [0.5, 0.6) is 11.5 Å². The lowest BCUT2D eigenvalue weighted by Gasteiger charge is -2.18. The van der Waals surface area contributed by atoms with Crippen LogP contribution in [0.25, 0.3) is 0 Å². The summed E-state index contributed by atoms with van der Waals surface area (Å²) in [6, 6.07) is 14.7. The highest BCUT2D eigenvalue weighted by molar-refractivity contribution is 7.89. The Morgan fingerprint density at radius 2 is 1.75 bits per heavy atom. The normalized spacial score (nSPS) is 15.8. The van der Waals surface area contributed by atoms with Crippen molar-refractivity contribution in [3.8, 4) is 11.5 Å². The van der Waals surface area contributed by atoms with E-state index >= 15 is 0 Å². The van der Waals surface area contributed by atoms with Crippen molar-refractivity contribution < 1.29 is 17.9 Å². The summed E-state index contributed by atoms with van der Waals surface area (Å²) >= 11 is 0. The maximum Gasteiger partial charge on any atom is 0.244 e. The summed E-state index contributed by atoms with van der Waals surface area (Å²) in [6.07, 6.45) is 1.97. The molecule has 1 N–H and O–H groups in total. The van der Waals surface area contributed by atoms with Gasteiger partial charge in [-0.05, 0) is 30.5 Å². The van der Waals surface area contributed by atoms with E-state index in [1.54, 1.807) is 12.1 Å². The molecule has 128 valence electrons. The lowest BCUT2D eigenvalue weighted by Crippen LogP contribution is -2.32. The zero-order chi connectivity index (χ0) is 17.2. The van der Waals surface area contributed by atoms with Gasteiger partial charge in [-0.15, -0.1) is 0 Å². The Bertz CT molecular complexity index is 814. The molecule has 1 saturated carbocycles. The van der Waals surface area contributed by atoms with Crippen LogP contribution in [0.1, 0.15) is 18.4 Å². The van der Waals surface area contributed by atoms with Crippen LogP contribution in [0.2, 0.25) is 0 Å². The van der Waals surface area contributed by atoms with E-state index in [2.05, 4.69) is 16.9 Å². The van der Waals surface area contributed by atoms with E-state index in [1.807, 2.05) is 18.2 Å². The predicted molar refractivity (Wildman–Crippen MR) is 92.1 cm³/mol. The standard InChI is InChI=1S/C18H21NO4S/c1-22-15-8-9-17(16(12-15)23-2)24(20,21)19-13-18(10-11-18)14-6-4-3-5-7-14/h3-9,12,19H,10-11,13H2,1-2H3. The zero-order valence-corrected chi connectivity index (χ0v) is 14.6. The summed E-state index contributed by atoms with van der Waals surface area (Å²) in [5.74, 6) is 0.820. The summed E-state index contributed by atoms with van der Waals surface area (Å²) < 4.78 is 38.4. The van der Waals surface area contributed by atoms with Crippen LogP contribution < -0.4 is 14.2 Å². The first-order valence-electron chi connectivity index (χ1n) is 7.78. The second kappa shape index (κ2) is 6.45. The van der Waals surface area contributed by atoms with E-state index in [4.69, 9.17) is 9.47 Å². The molecule has 0 saturated heterocycles. The molecule has 6 heteroatoms. The highest BCUT2D eigenvalue weighted by Crippen LogP contribution is 2.47.